The van der Waals surface area contributed by atoms with E-state index in [1.165, 1.54) is 12.1 Å². The Kier molecular flexibility index (Phi) is 3.09. The van der Waals surface area contributed by atoms with Gasteiger partial charge < -0.3 is 0 Å². The molecule has 0 aromatic rings. The Morgan fingerprint density at radius 3 is 2.91 bits per heavy atom. The van der Waals surface area contributed by atoms with E-state index in [1.807, 2.05) is 12.2 Å². The lowest BCUT2D eigenvalue weighted by Crippen LogP contribution is -1.95. The monoisotopic (exact) mass is 149 g/mol. The second kappa shape index (κ2) is 4.12. The molecule has 1 heteroatoms. The summed E-state index contributed by atoms with van der Waals surface area (Å²) >= 11 is 0. The van der Waals surface area contributed by atoms with Crippen molar-refractivity contribution in [2.45, 2.75) is 31.7 Å². The molecule has 0 aliphatic carbocycles. The Morgan fingerprint density at radius 2 is 2.27 bits per heavy atom. The van der Waals surface area contributed by atoms with Gasteiger partial charge in [-0.05, 0) is 19.3 Å². The highest BCUT2D eigenvalue weighted by Gasteiger charge is 2.14. The predicted molar refractivity (Wildman–Crippen MR) is 50.1 cm³/mol. The first kappa shape index (κ1) is 8.25. The molecule has 1 aliphatic rings. The fourth-order valence-corrected chi connectivity index (χ4v) is 1.40. The summed E-state index contributed by atoms with van der Waals surface area (Å²) in [5, 5.41) is 0. The van der Waals surface area contributed by atoms with E-state index in [4.69, 9.17) is 0 Å². The lowest BCUT2D eigenvalue weighted by molar-refractivity contribution is 0.682. The van der Waals surface area contributed by atoms with E-state index >= 15 is 0 Å². The Morgan fingerprint density at radius 1 is 1.45 bits per heavy atom. The lowest BCUT2D eigenvalue weighted by atomic mass is 10.1. The number of hydrogen-bond donors (Lipinski definition) is 0. The average Bonchev–Trinajstić information content (AvgIpc) is 2.38. The quantitative estimate of drug-likeness (QED) is 0.545. The smallest absolute Gasteiger partial charge is 0.0537 e. The first-order chi connectivity index (χ1) is 5.36. The van der Waals surface area contributed by atoms with Crippen molar-refractivity contribution >= 4 is 5.71 Å². The van der Waals surface area contributed by atoms with Crippen LogP contribution in [0.25, 0.3) is 0 Å². The van der Waals surface area contributed by atoms with Crippen LogP contribution in [0.15, 0.2) is 30.3 Å². The van der Waals surface area contributed by atoms with Crippen molar-refractivity contribution < 1.29 is 0 Å². The van der Waals surface area contributed by atoms with Crippen molar-refractivity contribution in [2.24, 2.45) is 4.99 Å². The van der Waals surface area contributed by atoms with Gasteiger partial charge in [0.15, 0.2) is 0 Å². The van der Waals surface area contributed by atoms with Crippen LogP contribution in [0.2, 0.25) is 0 Å². The van der Waals surface area contributed by atoms with E-state index in [2.05, 4.69) is 18.2 Å². The number of hydrogen-bond acceptors (Lipinski definition) is 1. The van der Waals surface area contributed by atoms with Gasteiger partial charge in [-0.3, -0.25) is 4.99 Å². The van der Waals surface area contributed by atoms with E-state index in [9.17, 15) is 0 Å². The Balaban J connectivity index is 2.39. The Bertz CT molecular complexity index is 179. The van der Waals surface area contributed by atoms with Crippen LogP contribution in [-0.2, 0) is 0 Å². The maximum absolute atomic E-state index is 4.54. The molecule has 0 aromatic carbocycles. The molecule has 0 amide bonds. The number of allylic oxidation sites excluding steroid dienone is 1. The first-order valence-electron chi connectivity index (χ1n) is 4.14. The summed E-state index contributed by atoms with van der Waals surface area (Å²) in [7, 11) is 0. The van der Waals surface area contributed by atoms with Crippen molar-refractivity contribution in [1.29, 1.82) is 0 Å². The second-order valence-corrected chi connectivity index (χ2v) is 2.91. The number of aliphatic imine (C=N–C) groups is 1. The van der Waals surface area contributed by atoms with Crippen LogP contribution in [-0.4, -0.2) is 11.8 Å². The summed E-state index contributed by atoms with van der Waals surface area (Å²) in [6.45, 7) is 7.40. The highest BCUT2D eigenvalue weighted by atomic mass is 14.8. The van der Waals surface area contributed by atoms with Gasteiger partial charge in [-0.2, -0.15) is 0 Å². The molecule has 1 aliphatic heterocycles. The molecule has 0 saturated heterocycles. The summed E-state index contributed by atoms with van der Waals surface area (Å²) in [6, 6.07) is 0.516. The Labute approximate surface area is 68.5 Å². The van der Waals surface area contributed by atoms with E-state index < -0.39 is 0 Å². The van der Waals surface area contributed by atoms with Crippen LogP contribution < -0.4 is 0 Å². The third-order valence-corrected chi connectivity index (χ3v) is 1.95. The van der Waals surface area contributed by atoms with E-state index in [0.717, 1.165) is 19.3 Å². The molecule has 1 heterocycles. The van der Waals surface area contributed by atoms with E-state index in [-0.39, 0.29) is 0 Å². The molecule has 11 heavy (non-hydrogen) atoms. The second-order valence-electron chi connectivity index (χ2n) is 2.91. The summed E-state index contributed by atoms with van der Waals surface area (Å²) < 4.78 is 0. The molecule has 0 radical (unpaired) electrons. The summed E-state index contributed by atoms with van der Waals surface area (Å²) in [5.74, 6) is 0. The zero-order valence-electron chi connectivity index (χ0n) is 6.92. The number of nitrogens with zero attached hydrogens (tertiary/aromatic N) is 1. The summed E-state index contributed by atoms with van der Waals surface area (Å²) in [5.41, 5.74) is 1.31. The SMILES string of the molecule is C=CCC1=NC(CC=C)CC1. The van der Waals surface area contributed by atoms with Crippen molar-refractivity contribution in [3.05, 3.63) is 25.3 Å². The zero-order chi connectivity index (χ0) is 8.10. The minimum absolute atomic E-state index is 0.516. The molecule has 60 valence electrons. The van der Waals surface area contributed by atoms with E-state index in [1.54, 1.807) is 0 Å². The van der Waals surface area contributed by atoms with Gasteiger partial charge in [0, 0.05) is 12.1 Å². The molecule has 1 rings (SSSR count). The molecule has 1 nitrogen and oxygen atoms in total. The molecule has 1 unspecified atom stereocenters. The third kappa shape index (κ3) is 2.34. The molecule has 0 spiro atoms. The van der Waals surface area contributed by atoms with Gasteiger partial charge in [-0.25, -0.2) is 0 Å². The molecular formula is C10H15N. The van der Waals surface area contributed by atoms with Crippen molar-refractivity contribution in [3.63, 3.8) is 0 Å². The molecular weight excluding hydrogens is 134 g/mol. The lowest BCUT2D eigenvalue weighted by Gasteiger charge is -1.98. The standard InChI is InChI=1S/C10H15N/c1-3-5-9-7-8-10(11-9)6-4-2/h3-4,9H,1-2,5-8H2. The van der Waals surface area contributed by atoms with Crippen LogP contribution >= 0.6 is 0 Å². The van der Waals surface area contributed by atoms with Gasteiger partial charge in [-0.15, -0.1) is 13.2 Å². The van der Waals surface area contributed by atoms with Gasteiger partial charge in [0.2, 0.25) is 0 Å². The third-order valence-electron chi connectivity index (χ3n) is 1.95. The molecule has 0 N–H and O–H groups in total. The molecule has 0 saturated carbocycles. The summed E-state index contributed by atoms with van der Waals surface area (Å²) in [6.07, 6.45) is 8.23. The van der Waals surface area contributed by atoms with Crippen LogP contribution in [0.3, 0.4) is 0 Å². The minimum Gasteiger partial charge on any atom is -0.290 e. The fraction of sp³-hybridized carbons (Fsp3) is 0.500. The van der Waals surface area contributed by atoms with Crippen LogP contribution in [0.1, 0.15) is 25.7 Å². The van der Waals surface area contributed by atoms with Gasteiger partial charge in [-0.1, -0.05) is 12.2 Å². The van der Waals surface area contributed by atoms with Crippen molar-refractivity contribution in [1.82, 2.24) is 0 Å². The van der Waals surface area contributed by atoms with Gasteiger partial charge >= 0.3 is 0 Å². The molecule has 1 atom stereocenters. The van der Waals surface area contributed by atoms with Crippen LogP contribution in [0.5, 0.6) is 0 Å². The fourth-order valence-electron chi connectivity index (χ4n) is 1.40. The molecule has 0 fully saturated rings. The van der Waals surface area contributed by atoms with Gasteiger partial charge in [0.05, 0.1) is 6.04 Å². The topological polar surface area (TPSA) is 12.4 Å². The normalized spacial score (nSPS) is 22.9. The zero-order valence-corrected chi connectivity index (χ0v) is 6.92. The highest BCUT2D eigenvalue weighted by Crippen LogP contribution is 2.18. The maximum atomic E-state index is 4.54. The summed E-state index contributed by atoms with van der Waals surface area (Å²) in [4.78, 5) is 4.54. The van der Waals surface area contributed by atoms with Crippen LogP contribution in [0.4, 0.5) is 0 Å². The maximum Gasteiger partial charge on any atom is 0.0537 e. The Hall–Kier alpha value is -0.850. The molecule has 0 aromatic heterocycles. The van der Waals surface area contributed by atoms with Gasteiger partial charge in [0.25, 0.3) is 0 Å². The van der Waals surface area contributed by atoms with Gasteiger partial charge in [0.1, 0.15) is 0 Å². The largest absolute Gasteiger partial charge is 0.290 e. The number of rotatable bonds is 4. The average molecular weight is 149 g/mol. The van der Waals surface area contributed by atoms with E-state index in [0.29, 0.717) is 6.04 Å². The molecule has 0 bridgehead atoms. The van der Waals surface area contributed by atoms with Crippen molar-refractivity contribution in [2.75, 3.05) is 0 Å². The van der Waals surface area contributed by atoms with Crippen molar-refractivity contribution in [3.8, 4) is 0 Å². The predicted octanol–water partition coefficient (Wildman–Crippen LogP) is 2.74. The highest BCUT2D eigenvalue weighted by molar-refractivity contribution is 5.87. The minimum atomic E-state index is 0.516. The van der Waals surface area contributed by atoms with Crippen LogP contribution in [0, 0.1) is 0 Å². The first-order valence-corrected chi connectivity index (χ1v) is 4.14.